The van der Waals surface area contributed by atoms with Crippen molar-refractivity contribution in [1.82, 2.24) is 25.0 Å². The van der Waals surface area contributed by atoms with E-state index in [0.717, 1.165) is 50.4 Å². The van der Waals surface area contributed by atoms with Gasteiger partial charge in [-0.05, 0) is 50.8 Å². The molecule has 1 saturated heterocycles. The number of piperidine rings is 1. The second-order valence-corrected chi connectivity index (χ2v) is 9.80. The number of likely N-dealkylation sites (tertiary alicyclic amines) is 1. The summed E-state index contributed by atoms with van der Waals surface area (Å²) in [4.78, 5) is 20.2. The Morgan fingerprint density at radius 3 is 2.61 bits per heavy atom. The normalized spacial score (nSPS) is 20.6. The van der Waals surface area contributed by atoms with Crippen LogP contribution in [0, 0.1) is 0 Å². The standard InChI is InChI=1S/C26H32N6O/c1-26(2)16-23(22-10-6-7-13-27-22)30-24-21(17-28-32(24)26)25(33)29-20-11-14-31(15-12-20)18-19-8-4-3-5-9-19/h3-10,13,17,20,23,30H,11-12,14-16,18H2,1-2H3,(H,29,33). The molecule has 7 heteroatoms. The molecule has 5 rings (SSSR count). The van der Waals surface area contributed by atoms with Gasteiger partial charge in [-0.1, -0.05) is 36.4 Å². The van der Waals surface area contributed by atoms with E-state index in [-0.39, 0.29) is 23.5 Å². The summed E-state index contributed by atoms with van der Waals surface area (Å²) >= 11 is 0. The van der Waals surface area contributed by atoms with Crippen molar-refractivity contribution in [2.24, 2.45) is 0 Å². The van der Waals surface area contributed by atoms with Gasteiger partial charge in [0.15, 0.2) is 0 Å². The number of fused-ring (bicyclic) bond motifs is 1. The summed E-state index contributed by atoms with van der Waals surface area (Å²) in [6.07, 6.45) is 6.27. The van der Waals surface area contributed by atoms with Gasteiger partial charge in [0, 0.05) is 31.9 Å². The first-order valence-corrected chi connectivity index (χ1v) is 11.8. The first-order chi connectivity index (χ1) is 16.0. The molecule has 172 valence electrons. The average molecular weight is 445 g/mol. The second kappa shape index (κ2) is 8.98. The lowest BCUT2D eigenvalue weighted by atomic mass is 9.91. The van der Waals surface area contributed by atoms with Gasteiger partial charge in [-0.2, -0.15) is 5.10 Å². The summed E-state index contributed by atoms with van der Waals surface area (Å²) in [5.41, 5.74) is 2.71. The van der Waals surface area contributed by atoms with E-state index in [1.165, 1.54) is 5.56 Å². The zero-order valence-corrected chi connectivity index (χ0v) is 19.4. The van der Waals surface area contributed by atoms with E-state index in [1.807, 2.05) is 29.1 Å². The maximum absolute atomic E-state index is 13.2. The van der Waals surface area contributed by atoms with E-state index in [0.29, 0.717) is 5.56 Å². The Hall–Kier alpha value is -3.19. The molecule has 2 aliphatic heterocycles. The van der Waals surface area contributed by atoms with Crippen molar-refractivity contribution in [3.05, 3.63) is 77.7 Å². The molecule has 3 aromatic rings. The highest BCUT2D eigenvalue weighted by Crippen LogP contribution is 2.39. The highest BCUT2D eigenvalue weighted by molar-refractivity contribution is 5.99. The van der Waals surface area contributed by atoms with Crippen LogP contribution in [0.3, 0.4) is 0 Å². The van der Waals surface area contributed by atoms with Crippen molar-refractivity contribution < 1.29 is 4.79 Å². The van der Waals surface area contributed by atoms with Gasteiger partial charge in [0.25, 0.3) is 5.91 Å². The summed E-state index contributed by atoms with van der Waals surface area (Å²) in [5.74, 6) is 0.726. The van der Waals surface area contributed by atoms with Crippen LogP contribution in [-0.2, 0) is 12.1 Å². The number of carbonyl (C=O) groups excluding carboxylic acids is 1. The van der Waals surface area contributed by atoms with Crippen LogP contribution in [0.25, 0.3) is 0 Å². The van der Waals surface area contributed by atoms with Crippen molar-refractivity contribution in [3.63, 3.8) is 0 Å². The largest absolute Gasteiger partial charge is 0.361 e. The molecule has 7 nitrogen and oxygen atoms in total. The number of nitrogens with zero attached hydrogens (tertiary/aromatic N) is 4. The lowest BCUT2D eigenvalue weighted by Crippen LogP contribution is -2.44. The number of amides is 1. The van der Waals surface area contributed by atoms with Gasteiger partial charge < -0.3 is 10.6 Å². The van der Waals surface area contributed by atoms with Crippen LogP contribution in [-0.4, -0.2) is 44.7 Å². The molecule has 0 radical (unpaired) electrons. The van der Waals surface area contributed by atoms with E-state index in [9.17, 15) is 4.79 Å². The minimum Gasteiger partial charge on any atom is -0.361 e. The van der Waals surface area contributed by atoms with Crippen molar-refractivity contribution >= 4 is 11.7 Å². The number of pyridine rings is 1. The SMILES string of the molecule is CC1(C)CC(c2ccccn2)Nc2c(C(=O)NC3CCN(Cc4ccccc4)CC3)cnn21. The summed E-state index contributed by atoms with van der Waals surface area (Å²) < 4.78 is 1.95. The van der Waals surface area contributed by atoms with Gasteiger partial charge in [-0.15, -0.1) is 0 Å². The number of aromatic nitrogens is 3. The number of nitrogens with one attached hydrogen (secondary N) is 2. The average Bonchev–Trinajstić information content (AvgIpc) is 3.27. The molecule has 1 fully saturated rings. The van der Waals surface area contributed by atoms with Gasteiger partial charge in [0.2, 0.25) is 0 Å². The number of benzene rings is 1. The first-order valence-electron chi connectivity index (χ1n) is 11.8. The van der Waals surface area contributed by atoms with Crippen molar-refractivity contribution in [2.75, 3.05) is 18.4 Å². The molecule has 2 aliphatic rings. The van der Waals surface area contributed by atoms with E-state index in [4.69, 9.17) is 0 Å². The fourth-order valence-electron chi connectivity index (χ4n) is 5.02. The van der Waals surface area contributed by atoms with Crippen LogP contribution < -0.4 is 10.6 Å². The smallest absolute Gasteiger partial charge is 0.256 e. The number of hydrogen-bond donors (Lipinski definition) is 2. The predicted molar refractivity (Wildman–Crippen MR) is 129 cm³/mol. The second-order valence-electron chi connectivity index (χ2n) is 9.80. The van der Waals surface area contributed by atoms with Gasteiger partial charge in [-0.3, -0.25) is 14.7 Å². The van der Waals surface area contributed by atoms with Crippen LogP contribution in [0.15, 0.2) is 60.9 Å². The molecule has 4 heterocycles. The topological polar surface area (TPSA) is 75.1 Å². The molecule has 0 bridgehead atoms. The van der Waals surface area contributed by atoms with E-state index in [1.54, 1.807) is 6.20 Å². The highest BCUT2D eigenvalue weighted by Gasteiger charge is 2.37. The molecule has 1 unspecified atom stereocenters. The predicted octanol–water partition coefficient (Wildman–Crippen LogP) is 3.96. The summed E-state index contributed by atoms with van der Waals surface area (Å²) in [6, 6.07) is 16.7. The fourth-order valence-corrected chi connectivity index (χ4v) is 5.02. The van der Waals surface area contributed by atoms with E-state index < -0.39 is 0 Å². The van der Waals surface area contributed by atoms with Crippen LogP contribution in [0.5, 0.6) is 0 Å². The molecular weight excluding hydrogens is 412 g/mol. The molecule has 1 aromatic carbocycles. The van der Waals surface area contributed by atoms with Gasteiger partial charge >= 0.3 is 0 Å². The molecule has 33 heavy (non-hydrogen) atoms. The lowest BCUT2D eigenvalue weighted by Gasteiger charge is -2.38. The number of anilines is 1. The van der Waals surface area contributed by atoms with Crippen LogP contribution in [0.2, 0.25) is 0 Å². The Balaban J connectivity index is 1.24. The Labute approximate surface area is 195 Å². The lowest BCUT2D eigenvalue weighted by molar-refractivity contribution is 0.0909. The number of hydrogen-bond acceptors (Lipinski definition) is 5. The summed E-state index contributed by atoms with van der Waals surface area (Å²) in [5, 5.41) is 11.4. The van der Waals surface area contributed by atoms with Crippen molar-refractivity contribution in [2.45, 2.75) is 57.3 Å². The van der Waals surface area contributed by atoms with Gasteiger partial charge in [0.1, 0.15) is 11.4 Å². The van der Waals surface area contributed by atoms with Gasteiger partial charge in [-0.25, -0.2) is 4.68 Å². The van der Waals surface area contributed by atoms with Gasteiger partial charge in [0.05, 0.1) is 23.5 Å². The molecular formula is C26H32N6O. The highest BCUT2D eigenvalue weighted by atomic mass is 16.1. The van der Waals surface area contributed by atoms with Crippen molar-refractivity contribution in [3.8, 4) is 0 Å². The van der Waals surface area contributed by atoms with E-state index >= 15 is 0 Å². The number of rotatable bonds is 5. The van der Waals surface area contributed by atoms with E-state index in [2.05, 4.69) is 69.8 Å². The third-order valence-electron chi connectivity index (χ3n) is 6.82. The molecule has 1 amide bonds. The van der Waals surface area contributed by atoms with Crippen LogP contribution in [0.1, 0.15) is 60.8 Å². The Bertz CT molecular complexity index is 1090. The van der Waals surface area contributed by atoms with Crippen LogP contribution in [0.4, 0.5) is 5.82 Å². The summed E-state index contributed by atoms with van der Waals surface area (Å²) in [6.45, 7) is 7.25. The Kier molecular flexibility index (Phi) is 5.89. The zero-order valence-electron chi connectivity index (χ0n) is 19.4. The third-order valence-corrected chi connectivity index (χ3v) is 6.82. The minimum absolute atomic E-state index is 0.0400. The monoisotopic (exact) mass is 444 g/mol. The molecule has 0 saturated carbocycles. The quantitative estimate of drug-likeness (QED) is 0.623. The molecule has 0 aliphatic carbocycles. The Morgan fingerprint density at radius 1 is 1.12 bits per heavy atom. The zero-order chi connectivity index (χ0) is 22.8. The minimum atomic E-state index is -0.218. The molecule has 2 N–H and O–H groups in total. The third kappa shape index (κ3) is 4.64. The molecule has 2 aromatic heterocycles. The Morgan fingerprint density at radius 2 is 1.88 bits per heavy atom. The van der Waals surface area contributed by atoms with Crippen LogP contribution >= 0.6 is 0 Å². The first kappa shape index (κ1) is 21.6. The fraction of sp³-hybridized carbons (Fsp3) is 0.423. The molecule has 1 atom stereocenters. The maximum Gasteiger partial charge on any atom is 0.256 e. The summed E-state index contributed by atoms with van der Waals surface area (Å²) in [7, 11) is 0. The maximum atomic E-state index is 13.2. The number of carbonyl (C=O) groups is 1. The molecule has 0 spiro atoms. The van der Waals surface area contributed by atoms with Crippen molar-refractivity contribution in [1.29, 1.82) is 0 Å².